The minimum atomic E-state index is -0.989. The van der Waals surface area contributed by atoms with Crippen LogP contribution in [0.1, 0.15) is 32.6 Å². The molecule has 5 nitrogen and oxygen atoms in total. The molecule has 0 heterocycles. The Balaban J connectivity index is 2.50. The highest BCUT2D eigenvalue weighted by Gasteiger charge is 2.32. The number of carbonyl (C=O) groups is 2. The van der Waals surface area contributed by atoms with Gasteiger partial charge in [-0.05, 0) is 19.3 Å². The highest BCUT2D eigenvalue weighted by molar-refractivity contribution is 5.85. The normalized spacial score (nSPS) is 27.3. The maximum Gasteiger partial charge on any atom is 0.326 e. The Morgan fingerprint density at radius 1 is 1.53 bits per heavy atom. The number of aliphatic carboxylic acids is 1. The third kappa shape index (κ3) is 2.92. The number of carboxylic acid groups (broad SMARTS) is 1. The maximum absolute atomic E-state index is 11.7. The van der Waals surface area contributed by atoms with Gasteiger partial charge in [0.15, 0.2) is 0 Å². The molecule has 0 aliphatic heterocycles. The van der Waals surface area contributed by atoms with Gasteiger partial charge in [0.1, 0.15) is 6.04 Å². The first-order chi connectivity index (χ1) is 7.06. The third-order valence-electron chi connectivity index (χ3n) is 2.93. The van der Waals surface area contributed by atoms with Gasteiger partial charge in [0, 0.05) is 6.04 Å². The van der Waals surface area contributed by atoms with E-state index in [1.54, 1.807) is 6.92 Å². The number of hydrogen-bond donors (Lipinski definition) is 3. The van der Waals surface area contributed by atoms with Gasteiger partial charge in [-0.2, -0.15) is 0 Å². The molecule has 0 aromatic heterocycles. The molecule has 0 spiro atoms. The Bertz CT molecular complexity index is 255. The number of amides is 1. The van der Waals surface area contributed by atoms with Crippen LogP contribution in [0, 0.1) is 5.92 Å². The van der Waals surface area contributed by atoms with Gasteiger partial charge in [0.2, 0.25) is 5.91 Å². The van der Waals surface area contributed by atoms with Crippen molar-refractivity contribution in [3.05, 3.63) is 0 Å². The first-order valence-corrected chi connectivity index (χ1v) is 5.35. The smallest absolute Gasteiger partial charge is 0.326 e. The van der Waals surface area contributed by atoms with Crippen LogP contribution in [-0.2, 0) is 9.59 Å². The molecule has 15 heavy (non-hydrogen) atoms. The van der Waals surface area contributed by atoms with Crippen LogP contribution in [0.2, 0.25) is 0 Å². The van der Waals surface area contributed by atoms with Crippen molar-refractivity contribution in [1.29, 1.82) is 0 Å². The minimum Gasteiger partial charge on any atom is -0.480 e. The van der Waals surface area contributed by atoms with E-state index in [0.717, 1.165) is 19.3 Å². The van der Waals surface area contributed by atoms with E-state index in [-0.39, 0.29) is 17.9 Å². The van der Waals surface area contributed by atoms with E-state index >= 15 is 0 Å². The summed E-state index contributed by atoms with van der Waals surface area (Å²) in [6.07, 6.45) is 2.96. The van der Waals surface area contributed by atoms with Crippen LogP contribution in [0.3, 0.4) is 0 Å². The molecule has 0 radical (unpaired) electrons. The van der Waals surface area contributed by atoms with Gasteiger partial charge in [0.05, 0.1) is 5.92 Å². The molecular formula is C10H18N2O3. The molecule has 0 aromatic rings. The third-order valence-corrected chi connectivity index (χ3v) is 2.93. The highest BCUT2D eigenvalue weighted by Crippen LogP contribution is 2.24. The average molecular weight is 214 g/mol. The molecular weight excluding hydrogens is 196 g/mol. The number of carboxylic acids is 1. The Hall–Kier alpha value is -1.10. The van der Waals surface area contributed by atoms with Crippen molar-refractivity contribution in [2.45, 2.75) is 44.7 Å². The average Bonchev–Trinajstić information content (AvgIpc) is 2.60. The Labute approximate surface area is 89.0 Å². The van der Waals surface area contributed by atoms with Gasteiger partial charge < -0.3 is 16.2 Å². The summed E-state index contributed by atoms with van der Waals surface area (Å²) in [4.78, 5) is 22.4. The molecule has 4 N–H and O–H groups in total. The van der Waals surface area contributed by atoms with Crippen molar-refractivity contribution < 1.29 is 14.7 Å². The molecule has 1 aliphatic carbocycles. The second-order valence-electron chi connectivity index (χ2n) is 4.01. The molecule has 0 saturated heterocycles. The van der Waals surface area contributed by atoms with E-state index in [9.17, 15) is 9.59 Å². The lowest BCUT2D eigenvalue weighted by molar-refractivity contribution is -0.142. The van der Waals surface area contributed by atoms with Gasteiger partial charge in [-0.1, -0.05) is 13.3 Å². The summed E-state index contributed by atoms with van der Waals surface area (Å²) < 4.78 is 0. The fraction of sp³-hybridized carbons (Fsp3) is 0.800. The largest absolute Gasteiger partial charge is 0.480 e. The van der Waals surface area contributed by atoms with Crippen LogP contribution < -0.4 is 11.1 Å². The molecule has 3 atom stereocenters. The van der Waals surface area contributed by atoms with Gasteiger partial charge in [-0.25, -0.2) is 4.79 Å². The maximum atomic E-state index is 11.7. The van der Waals surface area contributed by atoms with Crippen LogP contribution >= 0.6 is 0 Å². The second kappa shape index (κ2) is 5.11. The lowest BCUT2D eigenvalue weighted by Gasteiger charge is -2.18. The summed E-state index contributed by atoms with van der Waals surface area (Å²) >= 11 is 0. The van der Waals surface area contributed by atoms with Crippen LogP contribution in [0.15, 0.2) is 0 Å². The summed E-state index contributed by atoms with van der Waals surface area (Å²) in [5.74, 6) is -1.41. The fourth-order valence-corrected chi connectivity index (χ4v) is 1.93. The second-order valence-corrected chi connectivity index (χ2v) is 4.01. The van der Waals surface area contributed by atoms with Crippen molar-refractivity contribution in [1.82, 2.24) is 5.32 Å². The van der Waals surface area contributed by atoms with E-state index in [1.165, 1.54) is 0 Å². The van der Waals surface area contributed by atoms with Crippen LogP contribution in [-0.4, -0.2) is 29.1 Å². The summed E-state index contributed by atoms with van der Waals surface area (Å²) in [7, 11) is 0. The topological polar surface area (TPSA) is 92.4 Å². The van der Waals surface area contributed by atoms with Crippen molar-refractivity contribution in [2.24, 2.45) is 11.7 Å². The minimum absolute atomic E-state index is 0.115. The van der Waals surface area contributed by atoms with Crippen LogP contribution in [0.5, 0.6) is 0 Å². The monoisotopic (exact) mass is 214 g/mol. The highest BCUT2D eigenvalue weighted by atomic mass is 16.4. The van der Waals surface area contributed by atoms with E-state index in [1.807, 2.05) is 0 Å². The lowest BCUT2D eigenvalue weighted by Crippen LogP contribution is -2.46. The molecule has 1 rings (SSSR count). The number of rotatable bonds is 4. The van der Waals surface area contributed by atoms with E-state index in [2.05, 4.69) is 5.32 Å². The zero-order valence-electron chi connectivity index (χ0n) is 8.90. The SMILES string of the molecule is CCC(NC(=O)C1CCCC1N)C(=O)O. The van der Waals surface area contributed by atoms with Crippen molar-refractivity contribution in [2.75, 3.05) is 0 Å². The van der Waals surface area contributed by atoms with Gasteiger partial charge >= 0.3 is 5.97 Å². The summed E-state index contributed by atoms with van der Waals surface area (Å²) in [5, 5.41) is 11.3. The lowest BCUT2D eigenvalue weighted by atomic mass is 10.0. The van der Waals surface area contributed by atoms with Gasteiger partial charge in [-0.3, -0.25) is 4.79 Å². The van der Waals surface area contributed by atoms with E-state index in [0.29, 0.717) is 6.42 Å². The van der Waals surface area contributed by atoms with Gasteiger partial charge in [-0.15, -0.1) is 0 Å². The Kier molecular flexibility index (Phi) is 4.08. The zero-order valence-corrected chi connectivity index (χ0v) is 8.90. The number of hydrogen-bond acceptors (Lipinski definition) is 3. The molecule has 1 aliphatic rings. The molecule has 3 unspecified atom stereocenters. The first kappa shape index (κ1) is 12.0. The number of nitrogens with two attached hydrogens (primary N) is 1. The summed E-state index contributed by atoms with van der Waals surface area (Å²) in [6.45, 7) is 1.73. The van der Waals surface area contributed by atoms with Crippen molar-refractivity contribution in [3.63, 3.8) is 0 Å². The summed E-state index contributed by atoms with van der Waals surface area (Å²) in [5.41, 5.74) is 5.76. The Morgan fingerprint density at radius 3 is 2.60 bits per heavy atom. The fourth-order valence-electron chi connectivity index (χ4n) is 1.93. The standard InChI is InChI=1S/C10H18N2O3/c1-2-8(10(14)15)12-9(13)6-4-3-5-7(6)11/h6-8H,2-5,11H2,1H3,(H,12,13)(H,14,15). The molecule has 0 aromatic carbocycles. The summed E-state index contributed by atoms with van der Waals surface area (Å²) in [6, 6.07) is -0.901. The molecule has 0 bridgehead atoms. The quantitative estimate of drug-likeness (QED) is 0.618. The van der Waals surface area contributed by atoms with Crippen molar-refractivity contribution in [3.8, 4) is 0 Å². The number of carbonyl (C=O) groups excluding carboxylic acids is 1. The van der Waals surface area contributed by atoms with Crippen LogP contribution in [0.25, 0.3) is 0 Å². The molecule has 1 saturated carbocycles. The van der Waals surface area contributed by atoms with Crippen LogP contribution in [0.4, 0.5) is 0 Å². The first-order valence-electron chi connectivity index (χ1n) is 5.35. The predicted octanol–water partition coefficient (Wildman–Crippen LogP) is 0.0932. The Morgan fingerprint density at radius 2 is 2.20 bits per heavy atom. The zero-order chi connectivity index (χ0) is 11.4. The number of nitrogens with one attached hydrogen (secondary N) is 1. The molecule has 1 fully saturated rings. The molecule has 1 amide bonds. The predicted molar refractivity (Wildman–Crippen MR) is 55.2 cm³/mol. The molecule has 5 heteroatoms. The van der Waals surface area contributed by atoms with E-state index < -0.39 is 12.0 Å². The molecule has 86 valence electrons. The van der Waals surface area contributed by atoms with E-state index in [4.69, 9.17) is 10.8 Å². The van der Waals surface area contributed by atoms with Gasteiger partial charge in [0.25, 0.3) is 0 Å². The van der Waals surface area contributed by atoms with Crippen molar-refractivity contribution >= 4 is 11.9 Å².